The molecule has 2 unspecified atom stereocenters. The van der Waals surface area contributed by atoms with E-state index in [4.69, 9.17) is 10.7 Å². The molecular weight excluding hydrogens is 246 g/mol. The van der Waals surface area contributed by atoms with Crippen molar-refractivity contribution in [1.29, 1.82) is 0 Å². The summed E-state index contributed by atoms with van der Waals surface area (Å²) in [5.74, 6) is 1.64. The van der Waals surface area contributed by atoms with Gasteiger partial charge in [0.15, 0.2) is 0 Å². The van der Waals surface area contributed by atoms with Gasteiger partial charge in [0.1, 0.15) is 5.82 Å². The molecule has 20 heavy (non-hydrogen) atoms. The molecule has 2 aromatic rings. The minimum Gasteiger partial charge on any atom is -0.345 e. The molecule has 1 heterocycles. The molecule has 3 N–H and O–H groups in total. The van der Waals surface area contributed by atoms with Crippen LogP contribution in [0.2, 0.25) is 0 Å². The number of rotatable bonds is 3. The van der Waals surface area contributed by atoms with Gasteiger partial charge >= 0.3 is 0 Å². The summed E-state index contributed by atoms with van der Waals surface area (Å²) < 4.78 is 0. The maximum Gasteiger partial charge on any atom is 0.110 e. The van der Waals surface area contributed by atoms with E-state index in [1.165, 1.54) is 24.1 Å². The van der Waals surface area contributed by atoms with Crippen molar-refractivity contribution < 1.29 is 0 Å². The van der Waals surface area contributed by atoms with Crippen molar-refractivity contribution in [3.63, 3.8) is 0 Å². The van der Waals surface area contributed by atoms with E-state index in [-0.39, 0.29) is 0 Å². The van der Waals surface area contributed by atoms with Crippen molar-refractivity contribution in [1.82, 2.24) is 9.97 Å². The van der Waals surface area contributed by atoms with Crippen molar-refractivity contribution in [2.24, 2.45) is 5.73 Å². The van der Waals surface area contributed by atoms with Crippen LogP contribution >= 0.6 is 0 Å². The summed E-state index contributed by atoms with van der Waals surface area (Å²) in [5, 5.41) is 0. The van der Waals surface area contributed by atoms with E-state index in [0.717, 1.165) is 30.8 Å². The van der Waals surface area contributed by atoms with Crippen molar-refractivity contribution in [2.45, 2.75) is 51.0 Å². The highest BCUT2D eigenvalue weighted by Crippen LogP contribution is 2.33. The zero-order valence-corrected chi connectivity index (χ0v) is 12.1. The molecular formula is C17H23N3. The summed E-state index contributed by atoms with van der Waals surface area (Å²) in [6, 6.07) is 10.8. The van der Waals surface area contributed by atoms with Gasteiger partial charge in [0.25, 0.3) is 0 Å². The Labute approximate surface area is 120 Å². The number of aromatic amines is 1. The number of H-pyrrole nitrogens is 1. The number of hydrogen-bond donors (Lipinski definition) is 2. The molecule has 1 fully saturated rings. The normalized spacial score (nSPS) is 22.9. The Morgan fingerprint density at radius 2 is 2.05 bits per heavy atom. The van der Waals surface area contributed by atoms with E-state index in [2.05, 4.69) is 36.2 Å². The zero-order chi connectivity index (χ0) is 13.9. The van der Waals surface area contributed by atoms with E-state index in [1.807, 2.05) is 6.07 Å². The molecule has 0 saturated heterocycles. The Hall–Kier alpha value is -1.61. The lowest BCUT2D eigenvalue weighted by atomic mass is 9.86. The van der Waals surface area contributed by atoms with Gasteiger partial charge in [-0.25, -0.2) is 4.98 Å². The first-order valence-electron chi connectivity index (χ1n) is 7.67. The number of aryl methyl sites for hydroxylation is 1. The quantitative estimate of drug-likeness (QED) is 0.894. The van der Waals surface area contributed by atoms with E-state index < -0.39 is 0 Å². The SMILES string of the molecule is CCc1[nH]c(C2CCCC(N)C2)nc1-c1ccccc1. The number of benzene rings is 1. The molecule has 1 saturated carbocycles. The molecule has 1 aromatic carbocycles. The molecule has 3 heteroatoms. The maximum absolute atomic E-state index is 6.11. The smallest absolute Gasteiger partial charge is 0.110 e. The van der Waals surface area contributed by atoms with Gasteiger partial charge < -0.3 is 10.7 Å². The van der Waals surface area contributed by atoms with Crippen molar-refractivity contribution in [3.8, 4) is 11.3 Å². The second-order valence-electron chi connectivity index (χ2n) is 5.79. The van der Waals surface area contributed by atoms with E-state index in [0.29, 0.717) is 12.0 Å². The van der Waals surface area contributed by atoms with Crippen LogP contribution in [0.25, 0.3) is 11.3 Å². The average molecular weight is 269 g/mol. The Kier molecular flexibility index (Phi) is 3.88. The van der Waals surface area contributed by atoms with Gasteiger partial charge in [0.2, 0.25) is 0 Å². The first kappa shape index (κ1) is 13.4. The van der Waals surface area contributed by atoms with E-state index >= 15 is 0 Å². The molecule has 3 rings (SSSR count). The fraction of sp³-hybridized carbons (Fsp3) is 0.471. The summed E-state index contributed by atoms with van der Waals surface area (Å²) in [6.07, 6.45) is 5.62. The second kappa shape index (κ2) is 5.80. The Balaban J connectivity index is 1.92. The minimum atomic E-state index is 0.337. The van der Waals surface area contributed by atoms with Gasteiger partial charge in [0, 0.05) is 23.2 Å². The molecule has 0 spiro atoms. The average Bonchev–Trinajstić information content (AvgIpc) is 2.92. The lowest BCUT2D eigenvalue weighted by Crippen LogP contribution is -2.27. The van der Waals surface area contributed by atoms with Crippen LogP contribution in [0.4, 0.5) is 0 Å². The maximum atomic E-state index is 6.11. The second-order valence-corrected chi connectivity index (χ2v) is 5.79. The molecule has 1 aromatic heterocycles. The number of imidazole rings is 1. The van der Waals surface area contributed by atoms with Crippen LogP contribution in [0.15, 0.2) is 30.3 Å². The summed E-state index contributed by atoms with van der Waals surface area (Å²) in [4.78, 5) is 8.45. The van der Waals surface area contributed by atoms with Crippen LogP contribution in [0, 0.1) is 0 Å². The molecule has 1 aliphatic carbocycles. The van der Waals surface area contributed by atoms with Gasteiger partial charge in [-0.3, -0.25) is 0 Å². The Bertz CT molecular complexity index is 559. The number of nitrogens with one attached hydrogen (secondary N) is 1. The van der Waals surface area contributed by atoms with Crippen molar-refractivity contribution >= 4 is 0 Å². The predicted octanol–water partition coefficient (Wildman–Crippen LogP) is 3.62. The van der Waals surface area contributed by atoms with Crippen LogP contribution in [0.1, 0.15) is 50.0 Å². The van der Waals surface area contributed by atoms with Crippen LogP contribution in [-0.2, 0) is 6.42 Å². The molecule has 0 aliphatic heterocycles. The van der Waals surface area contributed by atoms with Crippen molar-refractivity contribution in [2.75, 3.05) is 0 Å². The van der Waals surface area contributed by atoms with Gasteiger partial charge in [-0.1, -0.05) is 43.7 Å². The fourth-order valence-corrected chi connectivity index (χ4v) is 3.19. The summed E-state index contributed by atoms with van der Waals surface area (Å²) in [6.45, 7) is 2.18. The Morgan fingerprint density at radius 1 is 1.25 bits per heavy atom. The minimum absolute atomic E-state index is 0.337. The number of nitrogens with zero attached hydrogens (tertiary/aromatic N) is 1. The molecule has 0 radical (unpaired) electrons. The first-order chi connectivity index (χ1) is 9.78. The molecule has 2 atom stereocenters. The van der Waals surface area contributed by atoms with Crippen LogP contribution < -0.4 is 5.73 Å². The predicted molar refractivity (Wildman–Crippen MR) is 82.6 cm³/mol. The van der Waals surface area contributed by atoms with E-state index in [1.54, 1.807) is 0 Å². The lowest BCUT2D eigenvalue weighted by molar-refractivity contribution is 0.383. The summed E-state index contributed by atoms with van der Waals surface area (Å²) in [7, 11) is 0. The molecule has 1 aliphatic rings. The summed E-state index contributed by atoms with van der Waals surface area (Å²) >= 11 is 0. The highest BCUT2D eigenvalue weighted by Gasteiger charge is 2.24. The third-order valence-electron chi connectivity index (χ3n) is 4.30. The number of aromatic nitrogens is 2. The van der Waals surface area contributed by atoms with Gasteiger partial charge in [-0.2, -0.15) is 0 Å². The monoisotopic (exact) mass is 269 g/mol. The van der Waals surface area contributed by atoms with Crippen molar-refractivity contribution in [3.05, 3.63) is 41.9 Å². The fourth-order valence-electron chi connectivity index (χ4n) is 3.19. The van der Waals surface area contributed by atoms with E-state index in [9.17, 15) is 0 Å². The molecule has 0 bridgehead atoms. The highest BCUT2D eigenvalue weighted by molar-refractivity contribution is 5.62. The van der Waals surface area contributed by atoms with Gasteiger partial charge in [0.05, 0.1) is 5.69 Å². The largest absolute Gasteiger partial charge is 0.345 e. The third-order valence-corrected chi connectivity index (χ3v) is 4.30. The van der Waals surface area contributed by atoms with Gasteiger partial charge in [-0.15, -0.1) is 0 Å². The number of hydrogen-bond acceptors (Lipinski definition) is 2. The standard InChI is InChI=1S/C17H23N3/c1-2-15-16(12-7-4-3-5-8-12)20-17(19-15)13-9-6-10-14(18)11-13/h3-5,7-8,13-14H,2,6,9-11,18H2,1H3,(H,19,20). The topological polar surface area (TPSA) is 54.7 Å². The number of nitrogens with two attached hydrogens (primary N) is 1. The van der Waals surface area contributed by atoms with Crippen LogP contribution in [0.5, 0.6) is 0 Å². The van der Waals surface area contributed by atoms with Crippen LogP contribution in [-0.4, -0.2) is 16.0 Å². The zero-order valence-electron chi connectivity index (χ0n) is 12.1. The molecule has 106 valence electrons. The molecule has 3 nitrogen and oxygen atoms in total. The Morgan fingerprint density at radius 3 is 2.75 bits per heavy atom. The lowest BCUT2D eigenvalue weighted by Gasteiger charge is -2.24. The van der Waals surface area contributed by atoms with Gasteiger partial charge in [-0.05, 0) is 25.7 Å². The first-order valence-corrected chi connectivity index (χ1v) is 7.67. The molecule has 0 amide bonds. The third kappa shape index (κ3) is 2.63. The van der Waals surface area contributed by atoms with Crippen LogP contribution in [0.3, 0.4) is 0 Å². The highest BCUT2D eigenvalue weighted by atomic mass is 14.9. The summed E-state index contributed by atoms with van der Waals surface area (Å²) in [5.41, 5.74) is 9.66.